The number of hydrogen-bond donors (Lipinski definition) is 1. The van der Waals surface area contributed by atoms with E-state index < -0.39 is 0 Å². The zero-order valence-electron chi connectivity index (χ0n) is 11.3. The first-order valence-electron chi connectivity index (χ1n) is 7.38. The quantitative estimate of drug-likeness (QED) is 0.767. The van der Waals surface area contributed by atoms with Crippen LogP contribution >= 0.6 is 0 Å². The summed E-state index contributed by atoms with van der Waals surface area (Å²) in [4.78, 5) is 12.6. The van der Waals surface area contributed by atoms with Gasteiger partial charge >= 0.3 is 0 Å². The minimum Gasteiger partial charge on any atom is -0.381 e. The van der Waals surface area contributed by atoms with E-state index in [1.807, 2.05) is 12.2 Å². The van der Waals surface area contributed by atoms with Gasteiger partial charge in [0.15, 0.2) is 0 Å². The van der Waals surface area contributed by atoms with Crippen LogP contribution in [0.1, 0.15) is 32.1 Å². The van der Waals surface area contributed by atoms with Crippen LogP contribution in [0.15, 0.2) is 12.2 Å². The molecule has 3 rings (SSSR count). The first-order chi connectivity index (χ1) is 9.19. The number of rotatable bonds is 2. The van der Waals surface area contributed by atoms with Crippen LogP contribution in [0.25, 0.3) is 0 Å². The van der Waals surface area contributed by atoms with Crippen LogP contribution in [0.3, 0.4) is 0 Å². The molecule has 4 nitrogen and oxygen atoms in total. The minimum atomic E-state index is -0.0960. The van der Waals surface area contributed by atoms with Crippen LogP contribution in [0, 0.1) is 11.8 Å². The van der Waals surface area contributed by atoms with Crippen LogP contribution in [0.4, 0.5) is 0 Å². The molecule has 2 fully saturated rings. The van der Waals surface area contributed by atoms with Crippen molar-refractivity contribution in [2.45, 2.75) is 43.7 Å². The van der Waals surface area contributed by atoms with E-state index >= 15 is 0 Å². The molecule has 1 aliphatic carbocycles. The van der Waals surface area contributed by atoms with Crippen molar-refractivity contribution in [1.82, 2.24) is 0 Å². The first kappa shape index (κ1) is 13.3. The third-order valence-corrected chi connectivity index (χ3v) is 4.78. The van der Waals surface area contributed by atoms with Crippen LogP contribution in [-0.2, 0) is 14.3 Å². The van der Waals surface area contributed by atoms with Gasteiger partial charge in [0.2, 0.25) is 0 Å². The van der Waals surface area contributed by atoms with Gasteiger partial charge in [-0.1, -0.05) is 12.2 Å². The maximum atomic E-state index is 12.6. The van der Waals surface area contributed by atoms with Gasteiger partial charge in [-0.2, -0.15) is 0 Å². The molecule has 2 aliphatic heterocycles. The summed E-state index contributed by atoms with van der Waals surface area (Å²) in [6, 6.07) is 0.0610. The second-order valence-electron chi connectivity index (χ2n) is 6.13. The largest absolute Gasteiger partial charge is 0.381 e. The van der Waals surface area contributed by atoms with Crippen molar-refractivity contribution in [3.63, 3.8) is 0 Å². The third kappa shape index (κ3) is 2.76. The van der Waals surface area contributed by atoms with Crippen molar-refractivity contribution in [2.24, 2.45) is 17.6 Å². The normalized spacial score (nSPS) is 37.6. The molecule has 0 saturated carbocycles. The average molecular weight is 265 g/mol. The predicted molar refractivity (Wildman–Crippen MR) is 71.7 cm³/mol. The highest BCUT2D eigenvalue weighted by Crippen LogP contribution is 2.39. The topological polar surface area (TPSA) is 61.6 Å². The molecular weight excluding hydrogens is 242 g/mol. The number of allylic oxidation sites excluding steroid dienone is 1. The molecule has 0 aromatic carbocycles. The SMILES string of the molecule is NC1C=CC(C(=O)C2CCOC3(CCOCC3)C2)C1. The molecular formula is C15H23NO3. The summed E-state index contributed by atoms with van der Waals surface area (Å²) in [6.45, 7) is 2.23. The third-order valence-electron chi connectivity index (χ3n) is 4.78. The van der Waals surface area contributed by atoms with E-state index in [1.54, 1.807) is 0 Å². The minimum absolute atomic E-state index is 0.0370. The van der Waals surface area contributed by atoms with E-state index in [0.29, 0.717) is 12.4 Å². The maximum absolute atomic E-state index is 12.6. The molecule has 0 aromatic rings. The van der Waals surface area contributed by atoms with Gasteiger partial charge in [0.25, 0.3) is 0 Å². The summed E-state index contributed by atoms with van der Waals surface area (Å²) in [5, 5.41) is 0. The van der Waals surface area contributed by atoms with Gasteiger partial charge in [-0.05, 0) is 32.1 Å². The molecule has 3 atom stereocenters. The Labute approximate surface area is 114 Å². The fourth-order valence-corrected chi connectivity index (χ4v) is 3.60. The lowest BCUT2D eigenvalue weighted by molar-refractivity contribution is -0.158. The molecule has 3 aliphatic rings. The molecule has 4 heteroatoms. The first-order valence-corrected chi connectivity index (χ1v) is 7.38. The zero-order chi connectivity index (χ0) is 13.3. The Balaban J connectivity index is 1.64. The molecule has 0 radical (unpaired) electrons. The molecule has 106 valence electrons. The lowest BCUT2D eigenvalue weighted by Crippen LogP contribution is -2.46. The van der Waals surface area contributed by atoms with Crippen LogP contribution in [-0.4, -0.2) is 37.2 Å². The molecule has 3 unspecified atom stereocenters. The number of ketones is 1. The molecule has 19 heavy (non-hydrogen) atoms. The van der Waals surface area contributed by atoms with E-state index in [4.69, 9.17) is 15.2 Å². The fourth-order valence-electron chi connectivity index (χ4n) is 3.60. The Morgan fingerprint density at radius 1 is 1.21 bits per heavy atom. The van der Waals surface area contributed by atoms with Gasteiger partial charge in [-0.3, -0.25) is 4.79 Å². The van der Waals surface area contributed by atoms with Gasteiger partial charge in [0.1, 0.15) is 5.78 Å². The second kappa shape index (κ2) is 5.35. The van der Waals surface area contributed by atoms with Crippen molar-refractivity contribution < 1.29 is 14.3 Å². The highest BCUT2D eigenvalue weighted by atomic mass is 16.5. The summed E-state index contributed by atoms with van der Waals surface area (Å²) >= 11 is 0. The molecule has 2 saturated heterocycles. The Morgan fingerprint density at radius 3 is 2.68 bits per heavy atom. The average Bonchev–Trinajstić information content (AvgIpc) is 2.85. The number of hydrogen-bond acceptors (Lipinski definition) is 4. The number of Topliss-reactive ketones (excluding diaryl/α,β-unsaturated/α-hetero) is 1. The Bertz CT molecular complexity index is 368. The number of carbonyl (C=O) groups is 1. The van der Waals surface area contributed by atoms with E-state index in [-0.39, 0.29) is 23.5 Å². The lowest BCUT2D eigenvalue weighted by Gasteiger charge is -2.43. The van der Waals surface area contributed by atoms with Crippen molar-refractivity contribution in [2.75, 3.05) is 19.8 Å². The molecule has 2 heterocycles. The Kier molecular flexibility index (Phi) is 3.74. The summed E-state index contributed by atoms with van der Waals surface area (Å²) in [5.41, 5.74) is 5.75. The molecule has 0 aromatic heterocycles. The number of carbonyl (C=O) groups excluding carboxylic acids is 1. The van der Waals surface area contributed by atoms with Gasteiger partial charge < -0.3 is 15.2 Å². The fraction of sp³-hybridized carbons (Fsp3) is 0.800. The number of ether oxygens (including phenoxy) is 2. The van der Waals surface area contributed by atoms with E-state index in [2.05, 4.69) is 0 Å². The highest BCUT2D eigenvalue weighted by Gasteiger charge is 2.42. The van der Waals surface area contributed by atoms with Crippen molar-refractivity contribution >= 4 is 5.78 Å². The zero-order valence-corrected chi connectivity index (χ0v) is 11.3. The lowest BCUT2D eigenvalue weighted by atomic mass is 9.76. The van der Waals surface area contributed by atoms with Gasteiger partial charge in [-0.25, -0.2) is 0 Å². The molecule has 0 bridgehead atoms. The van der Waals surface area contributed by atoms with Crippen LogP contribution in [0.2, 0.25) is 0 Å². The van der Waals surface area contributed by atoms with Crippen molar-refractivity contribution in [1.29, 1.82) is 0 Å². The van der Waals surface area contributed by atoms with Gasteiger partial charge in [-0.15, -0.1) is 0 Å². The highest BCUT2D eigenvalue weighted by molar-refractivity contribution is 5.85. The van der Waals surface area contributed by atoms with E-state index in [1.165, 1.54) is 0 Å². The predicted octanol–water partition coefficient (Wildman–Crippen LogP) is 1.43. The molecule has 2 N–H and O–H groups in total. The Hall–Kier alpha value is -0.710. The van der Waals surface area contributed by atoms with E-state index in [9.17, 15) is 4.79 Å². The van der Waals surface area contributed by atoms with Crippen molar-refractivity contribution in [3.8, 4) is 0 Å². The maximum Gasteiger partial charge on any atom is 0.143 e. The molecule has 1 spiro atoms. The smallest absolute Gasteiger partial charge is 0.143 e. The van der Waals surface area contributed by atoms with E-state index in [0.717, 1.165) is 45.3 Å². The standard InChI is InChI=1S/C15H23NO3/c16-13-2-1-11(9-13)14(17)12-3-6-19-15(10-12)4-7-18-8-5-15/h1-2,11-13H,3-10,16H2. The second-order valence-corrected chi connectivity index (χ2v) is 6.13. The summed E-state index contributed by atoms with van der Waals surface area (Å²) < 4.78 is 11.4. The summed E-state index contributed by atoms with van der Waals surface area (Å²) in [6.07, 6.45) is 8.33. The summed E-state index contributed by atoms with van der Waals surface area (Å²) in [5.74, 6) is 0.556. The summed E-state index contributed by atoms with van der Waals surface area (Å²) in [7, 11) is 0. The monoisotopic (exact) mass is 265 g/mol. The van der Waals surface area contributed by atoms with Gasteiger partial charge in [0, 0.05) is 37.7 Å². The van der Waals surface area contributed by atoms with Crippen LogP contribution < -0.4 is 5.73 Å². The number of nitrogens with two attached hydrogens (primary N) is 1. The molecule has 0 amide bonds. The van der Waals surface area contributed by atoms with Crippen molar-refractivity contribution in [3.05, 3.63) is 12.2 Å². The van der Waals surface area contributed by atoms with Gasteiger partial charge in [0.05, 0.1) is 5.60 Å². The Morgan fingerprint density at radius 2 is 2.00 bits per heavy atom. The van der Waals surface area contributed by atoms with Crippen LogP contribution in [0.5, 0.6) is 0 Å².